The highest BCUT2D eigenvalue weighted by molar-refractivity contribution is 5.94. The minimum Gasteiger partial charge on any atom is -0.450 e. The molecule has 3 N–H and O–H groups in total. The summed E-state index contributed by atoms with van der Waals surface area (Å²) in [6.45, 7) is 6.72. The third-order valence-corrected chi connectivity index (χ3v) is 4.52. The van der Waals surface area contributed by atoms with Crippen molar-refractivity contribution in [2.45, 2.75) is 27.3 Å². The van der Waals surface area contributed by atoms with Crippen LogP contribution >= 0.6 is 0 Å². The van der Waals surface area contributed by atoms with Gasteiger partial charge in [-0.2, -0.15) is 5.10 Å². The monoisotopic (exact) mass is 465 g/mol. The molecule has 1 heterocycles. The van der Waals surface area contributed by atoms with E-state index in [9.17, 15) is 14.4 Å². The Kier molecular flexibility index (Phi) is 10.5. The Morgan fingerprint density at radius 1 is 1.03 bits per heavy atom. The summed E-state index contributed by atoms with van der Waals surface area (Å²) in [6, 6.07) is 17.9. The first kappa shape index (κ1) is 26.3. The lowest BCUT2D eigenvalue weighted by Gasteiger charge is -2.08. The number of amides is 2. The van der Waals surface area contributed by atoms with Crippen LogP contribution in [0.2, 0.25) is 0 Å². The van der Waals surface area contributed by atoms with Gasteiger partial charge in [0.05, 0.1) is 25.5 Å². The average molecular weight is 466 g/mol. The Hall–Kier alpha value is -3.98. The first-order valence-electron chi connectivity index (χ1n) is 10.9. The molecule has 180 valence electrons. The van der Waals surface area contributed by atoms with Crippen molar-refractivity contribution in [3.8, 4) is 0 Å². The molecule has 2 amide bonds. The van der Waals surface area contributed by atoms with Crippen LogP contribution in [0.15, 0.2) is 65.5 Å². The maximum Gasteiger partial charge on any atom is 0.411 e. The molecule has 0 radical (unpaired) electrons. The quantitative estimate of drug-likeness (QED) is 0.462. The van der Waals surface area contributed by atoms with Crippen LogP contribution in [0.5, 0.6) is 0 Å². The van der Waals surface area contributed by atoms with Gasteiger partial charge < -0.3 is 15.4 Å². The Morgan fingerprint density at radius 2 is 1.76 bits per heavy atom. The number of ether oxygens (including phenoxy) is 1. The number of carbonyl (C=O) groups excluding carboxylic acids is 2. The van der Waals surface area contributed by atoms with E-state index in [0.29, 0.717) is 31.1 Å². The van der Waals surface area contributed by atoms with Crippen LogP contribution in [-0.4, -0.2) is 42.1 Å². The summed E-state index contributed by atoms with van der Waals surface area (Å²) in [5, 5.41) is 12.4. The van der Waals surface area contributed by atoms with Gasteiger partial charge in [0.25, 0.3) is 11.5 Å². The minimum absolute atomic E-state index is 0.0469. The number of aryl methyl sites for hydroxylation is 2. The Bertz CT molecular complexity index is 1140. The normalized spacial score (nSPS) is 10.0. The van der Waals surface area contributed by atoms with Gasteiger partial charge in [0.2, 0.25) is 0 Å². The SMILES string of the molecule is CCOC(=O)Nc1cccc(Cn2nc(C)ccc2=O)c1.CNCNC(=O)c1ccc(C)cc1. The van der Waals surface area contributed by atoms with Crippen molar-refractivity contribution >= 4 is 17.7 Å². The summed E-state index contributed by atoms with van der Waals surface area (Å²) >= 11 is 0. The standard InChI is InChI=1S/C15H17N3O3.C10H14N2O/c1-3-21-15(20)16-13-6-4-5-12(9-13)10-18-14(19)8-7-11(2)17-18;1-8-3-5-9(6-4-8)10(13)12-7-11-2/h4-9H,3,10H2,1-2H3,(H,16,20);3-6,11H,7H2,1-2H3,(H,12,13). The van der Waals surface area contributed by atoms with Crippen LogP contribution < -0.4 is 21.5 Å². The van der Waals surface area contributed by atoms with Gasteiger partial charge >= 0.3 is 6.09 Å². The number of nitrogens with one attached hydrogen (secondary N) is 3. The van der Waals surface area contributed by atoms with Crippen molar-refractivity contribution in [2.75, 3.05) is 25.6 Å². The van der Waals surface area contributed by atoms with E-state index < -0.39 is 6.09 Å². The van der Waals surface area contributed by atoms with Gasteiger partial charge in [-0.3, -0.25) is 14.9 Å². The number of anilines is 1. The predicted molar refractivity (Wildman–Crippen MR) is 132 cm³/mol. The van der Waals surface area contributed by atoms with Crippen LogP contribution in [-0.2, 0) is 11.3 Å². The highest BCUT2D eigenvalue weighted by Crippen LogP contribution is 2.11. The van der Waals surface area contributed by atoms with Gasteiger partial charge in [0.1, 0.15) is 0 Å². The van der Waals surface area contributed by atoms with Gasteiger partial charge in [0.15, 0.2) is 0 Å². The molecule has 0 fully saturated rings. The van der Waals surface area contributed by atoms with E-state index in [4.69, 9.17) is 4.74 Å². The third-order valence-electron chi connectivity index (χ3n) is 4.52. The molecule has 34 heavy (non-hydrogen) atoms. The molecule has 3 rings (SSSR count). The molecule has 3 aromatic rings. The van der Waals surface area contributed by atoms with Crippen molar-refractivity contribution in [3.63, 3.8) is 0 Å². The average Bonchev–Trinajstić information content (AvgIpc) is 2.81. The second kappa shape index (κ2) is 13.5. The maximum absolute atomic E-state index is 11.7. The molecule has 0 unspecified atom stereocenters. The summed E-state index contributed by atoms with van der Waals surface area (Å²) in [7, 11) is 1.79. The van der Waals surface area contributed by atoms with E-state index in [1.807, 2.05) is 44.2 Å². The highest BCUT2D eigenvalue weighted by atomic mass is 16.5. The van der Waals surface area contributed by atoms with Gasteiger partial charge in [-0.1, -0.05) is 29.8 Å². The third kappa shape index (κ3) is 8.87. The summed E-state index contributed by atoms with van der Waals surface area (Å²) in [4.78, 5) is 34.5. The van der Waals surface area contributed by atoms with E-state index in [0.717, 1.165) is 16.8 Å². The molecule has 0 spiro atoms. The Labute approximate surface area is 199 Å². The van der Waals surface area contributed by atoms with Gasteiger partial charge in [-0.15, -0.1) is 0 Å². The molecule has 0 aliphatic carbocycles. The summed E-state index contributed by atoms with van der Waals surface area (Å²) < 4.78 is 6.21. The van der Waals surface area contributed by atoms with Gasteiger partial charge in [-0.05, 0) is 63.7 Å². The zero-order chi connectivity index (χ0) is 24.9. The molecule has 0 bridgehead atoms. The lowest BCUT2D eigenvalue weighted by Crippen LogP contribution is -2.31. The van der Waals surface area contributed by atoms with E-state index in [1.165, 1.54) is 10.7 Å². The maximum atomic E-state index is 11.7. The first-order chi connectivity index (χ1) is 16.3. The smallest absolute Gasteiger partial charge is 0.411 e. The lowest BCUT2D eigenvalue weighted by atomic mass is 10.1. The summed E-state index contributed by atoms with van der Waals surface area (Å²) in [6.07, 6.45) is -0.500. The second-order valence-corrected chi connectivity index (χ2v) is 7.42. The summed E-state index contributed by atoms with van der Waals surface area (Å²) in [5.41, 5.74) is 3.95. The Morgan fingerprint density at radius 3 is 2.44 bits per heavy atom. The zero-order valence-corrected chi connectivity index (χ0v) is 19.9. The number of rotatable bonds is 7. The van der Waals surface area contributed by atoms with Crippen LogP contribution in [0, 0.1) is 13.8 Å². The largest absolute Gasteiger partial charge is 0.450 e. The topological polar surface area (TPSA) is 114 Å². The van der Waals surface area contributed by atoms with Gasteiger partial charge in [0, 0.05) is 17.3 Å². The summed E-state index contributed by atoms with van der Waals surface area (Å²) in [5.74, 6) is -0.0469. The highest BCUT2D eigenvalue weighted by Gasteiger charge is 2.05. The minimum atomic E-state index is -0.500. The fourth-order valence-corrected chi connectivity index (χ4v) is 2.85. The second-order valence-electron chi connectivity index (χ2n) is 7.42. The van der Waals surface area contributed by atoms with Crippen molar-refractivity contribution in [2.24, 2.45) is 0 Å². The van der Waals surface area contributed by atoms with E-state index in [-0.39, 0.29) is 11.5 Å². The molecule has 0 aliphatic heterocycles. The van der Waals surface area contributed by atoms with E-state index >= 15 is 0 Å². The van der Waals surface area contributed by atoms with Crippen molar-refractivity contribution in [1.82, 2.24) is 20.4 Å². The van der Waals surface area contributed by atoms with Crippen LogP contribution in [0.4, 0.5) is 10.5 Å². The molecular formula is C25H31N5O4. The van der Waals surface area contributed by atoms with Gasteiger partial charge in [-0.25, -0.2) is 9.48 Å². The molecular weight excluding hydrogens is 434 g/mol. The van der Waals surface area contributed by atoms with Crippen molar-refractivity contribution < 1.29 is 14.3 Å². The van der Waals surface area contributed by atoms with Crippen molar-refractivity contribution in [3.05, 3.63) is 93.4 Å². The molecule has 1 aromatic heterocycles. The molecule has 0 saturated carbocycles. The number of carbonyl (C=O) groups is 2. The van der Waals surface area contributed by atoms with Crippen LogP contribution in [0.1, 0.15) is 34.1 Å². The van der Waals surface area contributed by atoms with Crippen LogP contribution in [0.3, 0.4) is 0 Å². The van der Waals surface area contributed by atoms with E-state index in [2.05, 4.69) is 21.0 Å². The zero-order valence-electron chi connectivity index (χ0n) is 19.9. The molecule has 9 heteroatoms. The van der Waals surface area contributed by atoms with E-state index in [1.54, 1.807) is 38.2 Å². The van der Waals surface area contributed by atoms with Crippen LogP contribution in [0.25, 0.3) is 0 Å². The number of nitrogens with zero attached hydrogens (tertiary/aromatic N) is 2. The molecule has 0 atom stereocenters. The first-order valence-corrected chi connectivity index (χ1v) is 10.9. The molecule has 0 aliphatic rings. The predicted octanol–water partition coefficient (Wildman–Crippen LogP) is 3.07. The Balaban J connectivity index is 0.000000270. The molecule has 9 nitrogen and oxygen atoms in total. The number of aromatic nitrogens is 2. The molecule has 0 saturated heterocycles. The fraction of sp³-hybridized carbons (Fsp3) is 0.280. The number of hydrogen-bond acceptors (Lipinski definition) is 6. The lowest BCUT2D eigenvalue weighted by molar-refractivity contribution is 0.0951. The van der Waals surface area contributed by atoms with Crippen molar-refractivity contribution in [1.29, 1.82) is 0 Å². The number of benzene rings is 2. The number of hydrogen-bond donors (Lipinski definition) is 3. The molecule has 2 aromatic carbocycles. The fourth-order valence-electron chi connectivity index (χ4n) is 2.85.